The number of ether oxygens (including phenoxy) is 1. The van der Waals surface area contributed by atoms with Gasteiger partial charge >= 0.3 is 16.2 Å². The summed E-state index contributed by atoms with van der Waals surface area (Å²) in [5.41, 5.74) is 0.0675. The molecule has 1 aromatic carbocycles. The van der Waals surface area contributed by atoms with Crippen LogP contribution in [0.15, 0.2) is 29.4 Å². The zero-order valence-corrected chi connectivity index (χ0v) is 21.5. The van der Waals surface area contributed by atoms with Gasteiger partial charge in [-0.1, -0.05) is 44.2 Å². The lowest BCUT2D eigenvalue weighted by Gasteiger charge is -2.32. The molecule has 0 amide bonds. The van der Waals surface area contributed by atoms with Crippen molar-refractivity contribution in [2.45, 2.75) is 56.2 Å². The number of halogens is 2. The van der Waals surface area contributed by atoms with Gasteiger partial charge in [-0.05, 0) is 18.9 Å². The quantitative estimate of drug-likeness (QED) is 0.272. The van der Waals surface area contributed by atoms with Crippen molar-refractivity contribution in [3.8, 4) is 5.88 Å². The molecule has 3 rings (SSSR count). The minimum atomic E-state index is -3.99. The van der Waals surface area contributed by atoms with E-state index in [1.807, 2.05) is 6.92 Å². The lowest BCUT2D eigenvalue weighted by atomic mass is 10.2. The molecule has 0 aliphatic carbocycles. The molecule has 1 fully saturated rings. The number of hydrogen-bond donors (Lipinski definition) is 3. The van der Waals surface area contributed by atoms with E-state index in [-0.39, 0.29) is 53.7 Å². The summed E-state index contributed by atoms with van der Waals surface area (Å²) in [6, 6.07) is 4.99. The van der Waals surface area contributed by atoms with Crippen molar-refractivity contribution >= 4 is 33.8 Å². The molecule has 2 heterocycles. The van der Waals surface area contributed by atoms with E-state index in [1.165, 1.54) is 22.5 Å². The summed E-state index contributed by atoms with van der Waals surface area (Å²) in [4.78, 5) is 19.9. The second kappa shape index (κ2) is 12.6. The van der Waals surface area contributed by atoms with Crippen molar-refractivity contribution in [2.75, 3.05) is 24.4 Å². The first kappa shape index (κ1) is 28.0. The number of carbonyl (C=O) groups is 1. The summed E-state index contributed by atoms with van der Waals surface area (Å²) in [5.74, 6) is -3.53. The number of nitrogens with zero attached hydrogens (tertiary/aromatic N) is 3. The zero-order chi connectivity index (χ0) is 26.3. The van der Waals surface area contributed by atoms with Gasteiger partial charge in [0.2, 0.25) is 5.88 Å². The van der Waals surface area contributed by atoms with Gasteiger partial charge in [0.25, 0.3) is 0 Å². The molecule has 1 aromatic heterocycles. The molecule has 1 aliphatic rings. The predicted molar refractivity (Wildman–Crippen MR) is 131 cm³/mol. The van der Waals surface area contributed by atoms with E-state index in [1.54, 1.807) is 6.92 Å². The maximum Gasteiger partial charge on any atom is 0.344 e. The van der Waals surface area contributed by atoms with Crippen molar-refractivity contribution in [3.05, 3.63) is 41.5 Å². The van der Waals surface area contributed by atoms with Crippen LogP contribution in [0.1, 0.15) is 38.7 Å². The van der Waals surface area contributed by atoms with Gasteiger partial charge in [-0.2, -0.15) is 17.7 Å². The van der Waals surface area contributed by atoms with Crippen LogP contribution in [0, 0.1) is 11.6 Å². The van der Waals surface area contributed by atoms with Crippen molar-refractivity contribution < 1.29 is 31.8 Å². The SMILES string of the molecule is CCC[C@@H](Oc1cc(NS(=O)(=O)N2CCN[C@H](CC)C2)nc(SCc2cccc(F)c2F)n1)C(=O)O. The summed E-state index contributed by atoms with van der Waals surface area (Å²) < 4.78 is 62.9. The van der Waals surface area contributed by atoms with Gasteiger partial charge < -0.3 is 15.2 Å². The van der Waals surface area contributed by atoms with Crippen LogP contribution < -0.4 is 14.8 Å². The van der Waals surface area contributed by atoms with Gasteiger partial charge in [0.15, 0.2) is 22.9 Å². The third-order valence-electron chi connectivity index (χ3n) is 5.44. The molecule has 1 saturated heterocycles. The summed E-state index contributed by atoms with van der Waals surface area (Å²) in [7, 11) is -3.99. The highest BCUT2D eigenvalue weighted by molar-refractivity contribution is 7.98. The number of thioether (sulfide) groups is 1. The Morgan fingerprint density at radius 3 is 2.83 bits per heavy atom. The van der Waals surface area contributed by atoms with Crippen LogP contribution in [0.3, 0.4) is 0 Å². The van der Waals surface area contributed by atoms with Crippen LogP contribution in [-0.4, -0.2) is 65.5 Å². The molecular weight excluding hydrogens is 516 g/mol. The molecule has 1 aliphatic heterocycles. The fourth-order valence-electron chi connectivity index (χ4n) is 3.51. The molecule has 14 heteroatoms. The highest BCUT2D eigenvalue weighted by Crippen LogP contribution is 2.27. The van der Waals surface area contributed by atoms with Gasteiger partial charge in [0, 0.05) is 43.1 Å². The number of rotatable bonds is 12. The smallest absolute Gasteiger partial charge is 0.344 e. The molecule has 2 aromatic rings. The van der Waals surface area contributed by atoms with E-state index in [9.17, 15) is 27.1 Å². The van der Waals surface area contributed by atoms with Crippen LogP contribution in [0.25, 0.3) is 0 Å². The predicted octanol–water partition coefficient (Wildman–Crippen LogP) is 3.02. The highest BCUT2D eigenvalue weighted by Gasteiger charge is 2.29. The molecule has 10 nitrogen and oxygen atoms in total. The van der Waals surface area contributed by atoms with Gasteiger partial charge in [0.05, 0.1) is 0 Å². The fourth-order valence-corrected chi connectivity index (χ4v) is 5.54. The molecule has 36 heavy (non-hydrogen) atoms. The molecule has 3 N–H and O–H groups in total. The second-order valence-corrected chi connectivity index (χ2v) is 10.7. The average molecular weight is 546 g/mol. The molecule has 0 saturated carbocycles. The lowest BCUT2D eigenvalue weighted by molar-refractivity contribution is -0.145. The van der Waals surface area contributed by atoms with Gasteiger partial charge in [0.1, 0.15) is 5.82 Å². The van der Waals surface area contributed by atoms with Crippen molar-refractivity contribution in [3.63, 3.8) is 0 Å². The molecule has 0 unspecified atom stereocenters. The molecule has 0 radical (unpaired) electrons. The Bertz CT molecular complexity index is 1170. The van der Waals surface area contributed by atoms with E-state index in [4.69, 9.17) is 4.74 Å². The van der Waals surface area contributed by atoms with E-state index >= 15 is 0 Å². The number of aromatic nitrogens is 2. The van der Waals surface area contributed by atoms with Crippen molar-refractivity contribution in [1.82, 2.24) is 19.6 Å². The minimum absolute atomic E-state index is 0.00115. The Morgan fingerprint density at radius 1 is 1.36 bits per heavy atom. The first-order chi connectivity index (χ1) is 17.1. The Labute approximate surface area is 213 Å². The largest absolute Gasteiger partial charge is 0.479 e. The van der Waals surface area contributed by atoms with E-state index in [0.717, 1.165) is 24.2 Å². The average Bonchev–Trinajstić information content (AvgIpc) is 2.84. The van der Waals surface area contributed by atoms with Gasteiger partial charge in [-0.25, -0.2) is 18.6 Å². The van der Waals surface area contributed by atoms with Gasteiger partial charge in [-0.15, -0.1) is 0 Å². The van der Waals surface area contributed by atoms with Crippen LogP contribution in [-0.2, 0) is 20.8 Å². The normalized spacial score (nSPS) is 17.5. The second-order valence-electron chi connectivity index (χ2n) is 8.13. The number of anilines is 1. The number of aliphatic carboxylic acids is 1. The Hall–Kier alpha value is -2.55. The number of benzene rings is 1. The molecule has 2 atom stereocenters. The number of hydrogen-bond acceptors (Lipinski definition) is 8. The topological polar surface area (TPSA) is 134 Å². The van der Waals surface area contributed by atoms with E-state index < -0.39 is 33.9 Å². The number of piperazine rings is 1. The van der Waals surface area contributed by atoms with Crippen LogP contribution in [0.4, 0.5) is 14.6 Å². The highest BCUT2D eigenvalue weighted by atomic mass is 32.2. The van der Waals surface area contributed by atoms with Crippen LogP contribution in [0.2, 0.25) is 0 Å². The maximum absolute atomic E-state index is 14.1. The Kier molecular flexibility index (Phi) is 9.82. The zero-order valence-electron chi connectivity index (χ0n) is 19.9. The summed E-state index contributed by atoms with van der Waals surface area (Å²) in [6.07, 6.45) is 0.287. The maximum atomic E-state index is 14.1. The van der Waals surface area contributed by atoms with Gasteiger partial charge in [-0.3, -0.25) is 4.72 Å². The Balaban J connectivity index is 1.87. The molecule has 198 valence electrons. The van der Waals surface area contributed by atoms with Crippen molar-refractivity contribution in [2.24, 2.45) is 0 Å². The molecular formula is C22H29F2N5O5S2. The minimum Gasteiger partial charge on any atom is -0.479 e. The Morgan fingerprint density at radius 2 is 2.14 bits per heavy atom. The first-order valence-corrected chi connectivity index (χ1v) is 13.9. The van der Waals surface area contributed by atoms with Crippen LogP contribution in [0.5, 0.6) is 5.88 Å². The lowest BCUT2D eigenvalue weighted by Crippen LogP contribution is -2.53. The van der Waals surface area contributed by atoms with E-state index in [0.29, 0.717) is 13.0 Å². The standard InChI is InChI=1S/C22H29F2N5O5S2/c1-3-6-17(21(30)31)34-19-11-18(28-36(32,33)29-10-9-25-15(4-2)12-29)26-22(27-19)35-13-14-7-5-8-16(23)20(14)24/h5,7-8,11,15,17,25H,3-4,6,9-10,12-13H2,1-2H3,(H,30,31)(H,26,27,28)/t15-,17-/m1/s1. The summed E-state index contributed by atoms with van der Waals surface area (Å²) >= 11 is 0.924. The van der Waals surface area contributed by atoms with E-state index in [2.05, 4.69) is 20.0 Å². The number of nitrogens with one attached hydrogen (secondary N) is 2. The third-order valence-corrected chi connectivity index (χ3v) is 7.82. The molecule has 0 spiro atoms. The first-order valence-electron chi connectivity index (χ1n) is 11.5. The molecule has 0 bridgehead atoms. The number of carboxylic acids is 1. The third kappa shape index (κ3) is 7.48. The number of carboxylic acid groups (broad SMARTS) is 1. The summed E-state index contributed by atoms with van der Waals surface area (Å²) in [5, 5.41) is 12.7. The monoisotopic (exact) mass is 545 g/mol. The summed E-state index contributed by atoms with van der Waals surface area (Å²) in [6.45, 7) is 4.78. The fraction of sp³-hybridized carbons (Fsp3) is 0.500. The van der Waals surface area contributed by atoms with Crippen LogP contribution >= 0.6 is 11.8 Å². The van der Waals surface area contributed by atoms with Crippen molar-refractivity contribution in [1.29, 1.82) is 0 Å².